The Balaban J connectivity index is 1.83. The van der Waals surface area contributed by atoms with E-state index in [0.717, 1.165) is 21.6 Å². The fraction of sp³-hybridized carbons (Fsp3) is 0.231. The van der Waals surface area contributed by atoms with E-state index in [1.54, 1.807) is 0 Å². The second kappa shape index (κ2) is 6.00. The highest BCUT2D eigenvalue weighted by Crippen LogP contribution is 2.14. The number of benzene rings is 1. The lowest BCUT2D eigenvalue weighted by Crippen LogP contribution is -1.94. The molecule has 90 valence electrons. The maximum Gasteiger partial charge on any atom is 0.129 e. The first kappa shape index (κ1) is 12.4. The molecule has 0 atom stereocenters. The Morgan fingerprint density at radius 1 is 1.12 bits per heavy atom. The number of halogens is 1. The highest BCUT2D eigenvalue weighted by Gasteiger charge is 2.01. The highest BCUT2D eigenvalue weighted by atomic mass is 79.9. The summed E-state index contributed by atoms with van der Waals surface area (Å²) < 4.78 is 12.1. The van der Waals surface area contributed by atoms with Gasteiger partial charge in [-0.25, -0.2) is 0 Å². The lowest BCUT2D eigenvalue weighted by molar-refractivity contribution is 0.0921. The number of ether oxygens (including phenoxy) is 1. The lowest BCUT2D eigenvalue weighted by Gasteiger charge is -2.03. The second-order valence-electron chi connectivity index (χ2n) is 3.69. The van der Waals surface area contributed by atoms with Crippen LogP contribution in [0.2, 0.25) is 0 Å². The van der Waals surface area contributed by atoms with Crippen molar-refractivity contribution in [3.63, 3.8) is 0 Å². The third-order valence-corrected chi connectivity index (χ3v) is 2.81. The van der Waals surface area contributed by atoms with Gasteiger partial charge in [-0.3, -0.25) is 0 Å². The quantitative estimate of drug-likeness (QED) is 0.921. The first-order valence-electron chi connectivity index (χ1n) is 5.38. The molecule has 0 amide bonds. The van der Waals surface area contributed by atoms with Crippen molar-refractivity contribution >= 4 is 15.9 Å². The molecule has 0 radical (unpaired) electrons. The van der Waals surface area contributed by atoms with E-state index in [2.05, 4.69) is 15.9 Å². The minimum atomic E-state index is 0.422. The summed E-state index contributed by atoms with van der Waals surface area (Å²) in [4.78, 5) is 0. The van der Waals surface area contributed by atoms with Gasteiger partial charge in [0.05, 0.1) is 13.2 Å². The van der Waals surface area contributed by atoms with Crippen LogP contribution in [0.3, 0.4) is 0 Å². The zero-order chi connectivity index (χ0) is 12.1. The van der Waals surface area contributed by atoms with Crippen molar-refractivity contribution in [1.82, 2.24) is 0 Å². The smallest absolute Gasteiger partial charge is 0.129 e. The fourth-order valence-electron chi connectivity index (χ4n) is 1.51. The van der Waals surface area contributed by atoms with Gasteiger partial charge in [-0.15, -0.1) is 0 Å². The van der Waals surface area contributed by atoms with Crippen LogP contribution in [-0.2, 0) is 24.5 Å². The summed E-state index contributed by atoms with van der Waals surface area (Å²) in [6, 6.07) is 11.8. The maximum atomic E-state index is 5.56. The average Bonchev–Trinajstić information content (AvgIpc) is 2.77. The van der Waals surface area contributed by atoms with Gasteiger partial charge >= 0.3 is 0 Å². The zero-order valence-electron chi connectivity index (χ0n) is 9.36. The molecule has 0 spiro atoms. The van der Waals surface area contributed by atoms with Crippen LogP contribution in [0.4, 0.5) is 0 Å². The average molecular weight is 296 g/mol. The third-order valence-electron chi connectivity index (χ3n) is 2.32. The Morgan fingerprint density at radius 2 is 1.94 bits per heavy atom. The first-order chi connectivity index (χ1) is 8.28. The van der Waals surface area contributed by atoms with Gasteiger partial charge in [-0.1, -0.05) is 28.1 Å². The third kappa shape index (κ3) is 3.70. The standard InChI is InChI=1S/C13H14BrNO2/c14-11-3-1-2-10(6-11)8-16-9-13-5-4-12(7-15)17-13/h1-6H,7-9,15H2. The molecule has 0 fully saturated rings. The van der Waals surface area contributed by atoms with E-state index in [-0.39, 0.29) is 0 Å². The molecule has 2 N–H and O–H groups in total. The summed E-state index contributed by atoms with van der Waals surface area (Å²) in [7, 11) is 0. The summed E-state index contributed by atoms with van der Waals surface area (Å²) in [5, 5.41) is 0. The molecule has 0 unspecified atom stereocenters. The summed E-state index contributed by atoms with van der Waals surface area (Å²) in [6.45, 7) is 1.45. The molecule has 1 heterocycles. The number of rotatable bonds is 5. The van der Waals surface area contributed by atoms with Crippen molar-refractivity contribution in [2.75, 3.05) is 0 Å². The molecule has 4 heteroatoms. The molecule has 17 heavy (non-hydrogen) atoms. The highest BCUT2D eigenvalue weighted by molar-refractivity contribution is 9.10. The molecule has 3 nitrogen and oxygen atoms in total. The minimum absolute atomic E-state index is 0.422. The van der Waals surface area contributed by atoms with Gasteiger partial charge in [-0.05, 0) is 29.8 Å². The number of hydrogen-bond acceptors (Lipinski definition) is 3. The lowest BCUT2D eigenvalue weighted by atomic mass is 10.2. The van der Waals surface area contributed by atoms with Gasteiger partial charge in [0.25, 0.3) is 0 Å². The minimum Gasteiger partial charge on any atom is -0.462 e. The summed E-state index contributed by atoms with van der Waals surface area (Å²) >= 11 is 3.42. The molecule has 0 saturated heterocycles. The summed E-state index contributed by atoms with van der Waals surface area (Å²) in [5.41, 5.74) is 6.59. The molecule has 1 aromatic heterocycles. The largest absolute Gasteiger partial charge is 0.462 e. The Morgan fingerprint density at radius 3 is 2.65 bits per heavy atom. The van der Waals surface area contributed by atoms with Gasteiger partial charge in [-0.2, -0.15) is 0 Å². The zero-order valence-corrected chi connectivity index (χ0v) is 10.9. The molecule has 2 rings (SSSR count). The maximum absolute atomic E-state index is 5.56. The van der Waals surface area contributed by atoms with Gasteiger partial charge in [0.2, 0.25) is 0 Å². The van der Waals surface area contributed by atoms with E-state index in [9.17, 15) is 0 Å². The van der Waals surface area contributed by atoms with Crippen LogP contribution in [0.1, 0.15) is 17.1 Å². The number of nitrogens with two attached hydrogens (primary N) is 1. The molecule has 1 aromatic carbocycles. The van der Waals surface area contributed by atoms with Crippen molar-refractivity contribution in [1.29, 1.82) is 0 Å². The molecule has 0 aliphatic rings. The molecular formula is C13H14BrNO2. The summed E-state index contributed by atoms with van der Waals surface area (Å²) in [5.74, 6) is 1.59. The molecule has 2 aromatic rings. The van der Waals surface area contributed by atoms with E-state index in [1.165, 1.54) is 0 Å². The van der Waals surface area contributed by atoms with Crippen molar-refractivity contribution in [3.8, 4) is 0 Å². The molecule has 0 bridgehead atoms. The Labute approximate surface area is 109 Å². The fourth-order valence-corrected chi connectivity index (χ4v) is 1.95. The molecule has 0 aliphatic heterocycles. The van der Waals surface area contributed by atoms with Crippen LogP contribution in [-0.4, -0.2) is 0 Å². The Kier molecular flexibility index (Phi) is 4.36. The Hall–Kier alpha value is -1.10. The number of hydrogen-bond donors (Lipinski definition) is 1. The van der Waals surface area contributed by atoms with E-state index >= 15 is 0 Å². The normalized spacial score (nSPS) is 10.7. The van der Waals surface area contributed by atoms with Crippen LogP contribution in [0.5, 0.6) is 0 Å². The van der Waals surface area contributed by atoms with E-state index in [1.807, 2.05) is 36.4 Å². The summed E-state index contributed by atoms with van der Waals surface area (Å²) in [6.07, 6.45) is 0. The van der Waals surface area contributed by atoms with Gasteiger partial charge in [0.1, 0.15) is 18.1 Å². The van der Waals surface area contributed by atoms with Gasteiger partial charge in [0.15, 0.2) is 0 Å². The topological polar surface area (TPSA) is 48.4 Å². The van der Waals surface area contributed by atoms with Crippen LogP contribution >= 0.6 is 15.9 Å². The van der Waals surface area contributed by atoms with Gasteiger partial charge in [0, 0.05) is 4.47 Å². The van der Waals surface area contributed by atoms with E-state index < -0.39 is 0 Å². The molecule has 0 saturated carbocycles. The Bertz CT molecular complexity index is 482. The van der Waals surface area contributed by atoms with Crippen molar-refractivity contribution in [3.05, 3.63) is 58.0 Å². The molecule has 0 aliphatic carbocycles. The molecular weight excluding hydrogens is 282 g/mol. The number of furan rings is 1. The van der Waals surface area contributed by atoms with Crippen LogP contribution in [0.15, 0.2) is 45.3 Å². The van der Waals surface area contributed by atoms with Crippen molar-refractivity contribution in [2.24, 2.45) is 5.73 Å². The van der Waals surface area contributed by atoms with E-state index in [0.29, 0.717) is 19.8 Å². The van der Waals surface area contributed by atoms with Crippen LogP contribution < -0.4 is 5.73 Å². The van der Waals surface area contributed by atoms with Crippen molar-refractivity contribution < 1.29 is 9.15 Å². The first-order valence-corrected chi connectivity index (χ1v) is 6.17. The SMILES string of the molecule is NCc1ccc(COCc2cccc(Br)c2)o1. The predicted molar refractivity (Wildman–Crippen MR) is 69.2 cm³/mol. The monoisotopic (exact) mass is 295 g/mol. The predicted octanol–water partition coefficient (Wildman–Crippen LogP) is 3.22. The van der Waals surface area contributed by atoms with E-state index in [4.69, 9.17) is 14.9 Å². The second-order valence-corrected chi connectivity index (χ2v) is 4.61. The van der Waals surface area contributed by atoms with Crippen LogP contribution in [0, 0.1) is 0 Å². The van der Waals surface area contributed by atoms with Crippen molar-refractivity contribution in [2.45, 2.75) is 19.8 Å². The van der Waals surface area contributed by atoms with Gasteiger partial charge < -0.3 is 14.9 Å². The van der Waals surface area contributed by atoms with Crippen LogP contribution in [0.25, 0.3) is 0 Å².